The van der Waals surface area contributed by atoms with Gasteiger partial charge in [-0.3, -0.25) is 4.79 Å². The van der Waals surface area contributed by atoms with Crippen LogP contribution in [-0.2, 0) is 4.79 Å². The van der Waals surface area contributed by atoms with Crippen LogP contribution in [0.25, 0.3) is 0 Å². The van der Waals surface area contributed by atoms with Crippen LogP contribution in [0, 0.1) is 34.5 Å². The molecule has 4 rings (SSSR count). The highest BCUT2D eigenvalue weighted by molar-refractivity contribution is 5.79. The zero-order valence-electron chi connectivity index (χ0n) is 15.8. The number of aliphatic hydroxyl groups excluding tert-OH is 1. The number of halogens is 1. The number of rotatable bonds is 1. The highest BCUT2D eigenvalue weighted by atomic mass is 19.1. The van der Waals surface area contributed by atoms with Crippen LogP contribution in [-0.4, -0.2) is 33.9 Å². The van der Waals surface area contributed by atoms with Gasteiger partial charge in [-0.1, -0.05) is 13.8 Å². The van der Waals surface area contributed by atoms with E-state index >= 15 is 4.39 Å². The van der Waals surface area contributed by atoms with Gasteiger partial charge in [-0.2, -0.15) is 0 Å². The van der Waals surface area contributed by atoms with Crippen molar-refractivity contribution in [3.8, 4) is 0 Å². The summed E-state index contributed by atoms with van der Waals surface area (Å²) >= 11 is 0. The van der Waals surface area contributed by atoms with Crippen molar-refractivity contribution >= 4 is 5.78 Å². The fraction of sp³-hybridized carbons (Fsp3) is 0.952. The number of aliphatic hydroxyl groups is 2. The van der Waals surface area contributed by atoms with Gasteiger partial charge in [0.2, 0.25) is 0 Å². The van der Waals surface area contributed by atoms with E-state index in [1.54, 1.807) is 6.92 Å². The molecule has 0 radical (unpaired) electrons. The van der Waals surface area contributed by atoms with Crippen molar-refractivity contribution in [2.45, 2.75) is 90.0 Å². The van der Waals surface area contributed by atoms with E-state index in [1.807, 2.05) is 0 Å². The lowest BCUT2D eigenvalue weighted by Crippen LogP contribution is -2.67. The van der Waals surface area contributed by atoms with Crippen molar-refractivity contribution in [3.05, 3.63) is 0 Å². The molecule has 2 N–H and O–H groups in total. The molecule has 0 bridgehead atoms. The van der Waals surface area contributed by atoms with E-state index in [-0.39, 0.29) is 23.7 Å². The number of hydrogen-bond donors (Lipinski definition) is 2. The smallest absolute Gasteiger partial charge is 0.133 e. The molecular weight excluding hydrogens is 319 g/mol. The molecule has 0 saturated heterocycles. The van der Waals surface area contributed by atoms with Crippen LogP contribution in [0.5, 0.6) is 0 Å². The summed E-state index contributed by atoms with van der Waals surface area (Å²) in [5, 5.41) is 21.3. The van der Waals surface area contributed by atoms with E-state index in [2.05, 4.69) is 13.8 Å². The fourth-order valence-corrected chi connectivity index (χ4v) is 7.88. The van der Waals surface area contributed by atoms with Crippen molar-refractivity contribution in [1.29, 1.82) is 0 Å². The SMILES string of the molecule is CC(=O)[C@@H]1CC[C@@H]2[C@@H]3C[C@H](F)[C@@]4(O)C[C@H](O)CC[C@]4(C)[C@@H]3CC[C@]21C. The Hall–Kier alpha value is -0.480. The van der Waals surface area contributed by atoms with Gasteiger partial charge in [0.25, 0.3) is 0 Å². The van der Waals surface area contributed by atoms with Gasteiger partial charge >= 0.3 is 0 Å². The summed E-state index contributed by atoms with van der Waals surface area (Å²) in [6.07, 6.45) is 4.01. The molecule has 0 unspecified atom stereocenters. The molecule has 142 valence electrons. The first-order chi connectivity index (χ1) is 11.6. The Morgan fingerprint density at radius 1 is 1.08 bits per heavy atom. The standard InChI is InChI=1S/C21H33FO3/c1-12(23)15-4-5-16-14-10-18(22)21(25)11-13(24)6-9-20(21,3)17(14)7-8-19(15,16)2/h13-18,24-25H,4-11H2,1-3H3/t13-,14+,15+,16-,17-,18+,19+,20-,21+/m1/s1. The van der Waals surface area contributed by atoms with E-state index in [0.29, 0.717) is 36.9 Å². The Balaban J connectivity index is 1.69. The molecule has 0 aromatic carbocycles. The van der Waals surface area contributed by atoms with Gasteiger partial charge in [-0.05, 0) is 75.0 Å². The monoisotopic (exact) mass is 352 g/mol. The molecular formula is C21H33FO3. The Labute approximate surface area is 150 Å². The van der Waals surface area contributed by atoms with Crippen LogP contribution in [0.4, 0.5) is 4.39 Å². The Kier molecular flexibility index (Phi) is 3.95. The van der Waals surface area contributed by atoms with E-state index in [1.165, 1.54) is 0 Å². The summed E-state index contributed by atoms with van der Waals surface area (Å²) in [5.74, 6) is 1.38. The summed E-state index contributed by atoms with van der Waals surface area (Å²) < 4.78 is 15.3. The van der Waals surface area contributed by atoms with Gasteiger partial charge in [-0.15, -0.1) is 0 Å². The minimum absolute atomic E-state index is 0.00666. The molecule has 0 spiro atoms. The number of carbonyl (C=O) groups is 1. The van der Waals surface area contributed by atoms with E-state index in [0.717, 1.165) is 25.7 Å². The van der Waals surface area contributed by atoms with Crippen molar-refractivity contribution < 1.29 is 19.4 Å². The fourth-order valence-electron chi connectivity index (χ4n) is 7.88. The van der Waals surface area contributed by atoms with Crippen LogP contribution >= 0.6 is 0 Å². The summed E-state index contributed by atoms with van der Waals surface area (Å²) in [6, 6.07) is 0. The zero-order valence-corrected chi connectivity index (χ0v) is 15.8. The topological polar surface area (TPSA) is 57.5 Å². The molecule has 4 aliphatic carbocycles. The van der Waals surface area contributed by atoms with Gasteiger partial charge in [0, 0.05) is 17.8 Å². The summed E-state index contributed by atoms with van der Waals surface area (Å²) in [7, 11) is 0. The Bertz CT molecular complexity index is 579. The average molecular weight is 352 g/mol. The molecule has 0 aromatic heterocycles. The largest absolute Gasteiger partial charge is 0.393 e. The minimum atomic E-state index is -1.39. The third kappa shape index (κ3) is 2.19. The lowest BCUT2D eigenvalue weighted by atomic mass is 9.42. The number of ketones is 1. The van der Waals surface area contributed by atoms with Crippen molar-refractivity contribution in [1.82, 2.24) is 0 Å². The number of Topliss-reactive ketones (excluding diaryl/α,β-unsaturated/α-hetero) is 1. The molecule has 4 fully saturated rings. The van der Waals surface area contributed by atoms with Crippen LogP contribution in [0.1, 0.15) is 72.1 Å². The first-order valence-corrected chi connectivity index (χ1v) is 10.2. The minimum Gasteiger partial charge on any atom is -0.393 e. The lowest BCUT2D eigenvalue weighted by molar-refractivity contribution is -0.249. The second-order valence-electron chi connectivity index (χ2n) is 10.1. The molecule has 4 aliphatic rings. The van der Waals surface area contributed by atoms with E-state index < -0.39 is 23.3 Å². The number of hydrogen-bond acceptors (Lipinski definition) is 3. The third-order valence-corrected chi connectivity index (χ3v) is 9.28. The van der Waals surface area contributed by atoms with Crippen LogP contribution in [0.2, 0.25) is 0 Å². The maximum atomic E-state index is 15.3. The second kappa shape index (κ2) is 5.51. The predicted octanol–water partition coefficient (Wildman–Crippen LogP) is 3.66. The van der Waals surface area contributed by atoms with Gasteiger partial charge in [0.05, 0.1) is 6.10 Å². The van der Waals surface area contributed by atoms with E-state index in [4.69, 9.17) is 0 Å². The Morgan fingerprint density at radius 3 is 2.48 bits per heavy atom. The van der Waals surface area contributed by atoms with Gasteiger partial charge in [0.1, 0.15) is 17.6 Å². The summed E-state index contributed by atoms with van der Waals surface area (Å²) in [6.45, 7) is 6.04. The molecule has 9 atom stereocenters. The maximum absolute atomic E-state index is 15.3. The summed E-state index contributed by atoms with van der Waals surface area (Å²) in [5.41, 5.74) is -1.84. The maximum Gasteiger partial charge on any atom is 0.133 e. The molecule has 4 heteroatoms. The number of carbonyl (C=O) groups excluding carboxylic acids is 1. The van der Waals surface area contributed by atoms with Gasteiger partial charge in [0.15, 0.2) is 0 Å². The van der Waals surface area contributed by atoms with Gasteiger partial charge < -0.3 is 10.2 Å². The average Bonchev–Trinajstić information content (AvgIpc) is 2.88. The predicted molar refractivity (Wildman–Crippen MR) is 93.6 cm³/mol. The summed E-state index contributed by atoms with van der Waals surface area (Å²) in [4.78, 5) is 12.2. The molecule has 0 aromatic rings. The molecule has 0 heterocycles. The van der Waals surface area contributed by atoms with Crippen molar-refractivity contribution in [2.24, 2.45) is 34.5 Å². The highest BCUT2D eigenvalue weighted by Gasteiger charge is 2.68. The second-order valence-corrected chi connectivity index (χ2v) is 10.1. The Morgan fingerprint density at radius 2 is 1.80 bits per heavy atom. The molecule has 3 nitrogen and oxygen atoms in total. The third-order valence-electron chi connectivity index (χ3n) is 9.28. The zero-order chi connectivity index (χ0) is 18.2. The van der Waals surface area contributed by atoms with Crippen LogP contribution in [0.3, 0.4) is 0 Å². The lowest BCUT2D eigenvalue weighted by Gasteiger charge is -2.64. The molecule has 0 amide bonds. The van der Waals surface area contributed by atoms with Crippen LogP contribution in [0.15, 0.2) is 0 Å². The first kappa shape index (κ1) is 17.9. The quantitative estimate of drug-likeness (QED) is 0.757. The molecule has 4 saturated carbocycles. The number of fused-ring (bicyclic) bond motifs is 5. The van der Waals surface area contributed by atoms with Crippen LogP contribution < -0.4 is 0 Å². The van der Waals surface area contributed by atoms with Crippen molar-refractivity contribution in [2.75, 3.05) is 0 Å². The molecule has 0 aliphatic heterocycles. The van der Waals surface area contributed by atoms with Gasteiger partial charge in [-0.25, -0.2) is 4.39 Å². The highest BCUT2D eigenvalue weighted by Crippen LogP contribution is 2.68. The van der Waals surface area contributed by atoms with E-state index in [9.17, 15) is 15.0 Å². The number of alkyl halides is 1. The first-order valence-electron chi connectivity index (χ1n) is 10.2. The van der Waals surface area contributed by atoms with Crippen molar-refractivity contribution in [3.63, 3.8) is 0 Å². The molecule has 25 heavy (non-hydrogen) atoms. The normalized spacial score (nSPS) is 58.2.